The molecule has 11 heteroatoms. The highest BCUT2D eigenvalue weighted by Gasteiger charge is 2.56. The summed E-state index contributed by atoms with van der Waals surface area (Å²) < 4.78 is 0. The number of amides is 2. The molecule has 0 bridgehead atoms. The number of carboxylic acid groups (broad SMARTS) is 1. The van der Waals surface area contributed by atoms with Gasteiger partial charge in [0.2, 0.25) is 5.91 Å². The summed E-state index contributed by atoms with van der Waals surface area (Å²) in [4.78, 5) is 41.1. The van der Waals surface area contributed by atoms with Crippen LogP contribution in [0.5, 0.6) is 0 Å². The second-order valence-corrected chi connectivity index (χ2v) is 7.83. The predicted octanol–water partition coefficient (Wildman–Crippen LogP) is -0.584. The first-order valence-corrected chi connectivity index (χ1v) is 9.20. The number of aromatic nitrogens is 1. The maximum absolute atomic E-state index is 12.3. The third kappa shape index (κ3) is 2.87. The molecule has 1 aromatic rings. The lowest BCUT2D eigenvalue weighted by Gasteiger charge is -2.53. The van der Waals surface area contributed by atoms with Gasteiger partial charge in [0.15, 0.2) is 11.2 Å². The Morgan fingerprint density at radius 2 is 2.32 bits per heavy atom. The first-order chi connectivity index (χ1) is 11.8. The first kappa shape index (κ1) is 17.7. The van der Waals surface area contributed by atoms with Gasteiger partial charge >= 0.3 is 5.97 Å². The number of aliphatic hydroxyl groups excluding tert-OH is 1. The van der Waals surface area contributed by atoms with E-state index in [1.807, 2.05) is 0 Å². The lowest BCUT2D eigenvalue weighted by atomic mass is 9.87. The fourth-order valence-corrected chi connectivity index (χ4v) is 4.84. The number of aliphatic carboxylic acids is 1. The molecule has 2 amide bonds. The molecule has 2 saturated heterocycles. The highest BCUT2D eigenvalue weighted by molar-refractivity contribution is 8.00. The maximum Gasteiger partial charge on any atom is 0.316 e. The van der Waals surface area contributed by atoms with Crippen LogP contribution >= 0.6 is 23.1 Å². The number of carbonyl (C=O) groups excluding carboxylic acids is 2. The average molecular weight is 384 g/mol. The van der Waals surface area contributed by atoms with Gasteiger partial charge in [-0.15, -0.1) is 29.7 Å². The number of nitrogens with one attached hydrogen (secondary N) is 1. The minimum absolute atomic E-state index is 0.0138. The molecule has 3 heterocycles. The van der Waals surface area contributed by atoms with E-state index in [0.29, 0.717) is 0 Å². The summed E-state index contributed by atoms with van der Waals surface area (Å²) in [6.45, 7) is 3.58. The summed E-state index contributed by atoms with van der Waals surface area (Å²) in [6.07, 6.45) is -0.177. The SMILES string of the molecule is C=CC1(C(=O)O)CS[C@@H]2C(NC(=O)C(O)c3csc(N)n3)C(=O)N2C1. The van der Waals surface area contributed by atoms with Crippen molar-refractivity contribution in [3.05, 3.63) is 23.7 Å². The van der Waals surface area contributed by atoms with Gasteiger partial charge in [-0.1, -0.05) is 6.08 Å². The van der Waals surface area contributed by atoms with E-state index in [1.165, 1.54) is 28.1 Å². The van der Waals surface area contributed by atoms with Crippen molar-refractivity contribution in [1.29, 1.82) is 0 Å². The number of nitrogens with zero attached hydrogens (tertiary/aromatic N) is 2. The Bertz CT molecular complexity index is 753. The Hall–Kier alpha value is -2.11. The molecule has 25 heavy (non-hydrogen) atoms. The van der Waals surface area contributed by atoms with Crippen molar-refractivity contribution < 1.29 is 24.6 Å². The van der Waals surface area contributed by atoms with Gasteiger partial charge in [0, 0.05) is 17.7 Å². The highest BCUT2D eigenvalue weighted by Crippen LogP contribution is 2.42. The number of carboxylic acids is 1. The molecule has 2 aliphatic rings. The van der Waals surface area contributed by atoms with Crippen molar-refractivity contribution >= 4 is 46.0 Å². The normalized spacial score (nSPS) is 29.3. The molecule has 4 atom stereocenters. The Labute approximate surface area is 150 Å². The number of nitrogens with two attached hydrogens (primary N) is 1. The van der Waals surface area contributed by atoms with Crippen molar-refractivity contribution in [2.24, 2.45) is 5.41 Å². The van der Waals surface area contributed by atoms with Crippen LogP contribution in [0.3, 0.4) is 0 Å². The lowest BCUT2D eigenvalue weighted by Crippen LogP contribution is -2.73. The van der Waals surface area contributed by atoms with Gasteiger partial charge in [0.1, 0.15) is 16.8 Å². The number of hydrogen-bond donors (Lipinski definition) is 4. The van der Waals surface area contributed by atoms with E-state index in [1.54, 1.807) is 0 Å². The maximum atomic E-state index is 12.3. The minimum atomic E-state index is -1.52. The number of β-lactam (4-membered cyclic amide) rings is 1. The summed E-state index contributed by atoms with van der Waals surface area (Å²) in [5, 5.41) is 23.2. The summed E-state index contributed by atoms with van der Waals surface area (Å²) in [5.41, 5.74) is 4.40. The number of thiazole rings is 1. The lowest BCUT2D eigenvalue weighted by molar-refractivity contribution is -0.157. The fraction of sp³-hybridized carbons (Fsp3) is 0.429. The number of fused-ring (bicyclic) bond motifs is 1. The second-order valence-electron chi connectivity index (χ2n) is 5.83. The minimum Gasteiger partial charge on any atom is -0.481 e. The zero-order valence-corrected chi connectivity index (χ0v) is 14.5. The molecule has 134 valence electrons. The zero-order valence-electron chi connectivity index (χ0n) is 12.9. The molecule has 0 aliphatic carbocycles. The highest BCUT2D eigenvalue weighted by atomic mass is 32.2. The third-order valence-electron chi connectivity index (χ3n) is 4.29. The van der Waals surface area contributed by atoms with Gasteiger partial charge in [0.05, 0.1) is 5.69 Å². The van der Waals surface area contributed by atoms with Gasteiger partial charge in [-0.05, 0) is 0 Å². The molecular weight excluding hydrogens is 368 g/mol. The molecule has 2 aliphatic heterocycles. The van der Waals surface area contributed by atoms with Crippen LogP contribution in [0.15, 0.2) is 18.0 Å². The van der Waals surface area contributed by atoms with E-state index in [0.717, 1.165) is 11.3 Å². The summed E-state index contributed by atoms with van der Waals surface area (Å²) in [6, 6.07) is -0.806. The van der Waals surface area contributed by atoms with Crippen LogP contribution in [0.2, 0.25) is 0 Å². The van der Waals surface area contributed by atoms with Gasteiger partial charge < -0.3 is 26.2 Å². The number of aliphatic hydroxyl groups is 1. The average Bonchev–Trinajstić information content (AvgIpc) is 3.04. The van der Waals surface area contributed by atoms with Gasteiger partial charge in [0.25, 0.3) is 5.91 Å². The van der Waals surface area contributed by atoms with Crippen LogP contribution in [0.25, 0.3) is 0 Å². The summed E-state index contributed by atoms with van der Waals surface area (Å²) in [7, 11) is 0. The number of carbonyl (C=O) groups is 3. The zero-order chi connectivity index (χ0) is 18.4. The molecular formula is C14H16N4O5S2. The smallest absolute Gasteiger partial charge is 0.316 e. The molecule has 3 unspecified atom stereocenters. The van der Waals surface area contributed by atoms with Crippen molar-refractivity contribution in [2.45, 2.75) is 17.5 Å². The number of rotatable bonds is 5. The third-order valence-corrected chi connectivity index (χ3v) is 6.53. The predicted molar refractivity (Wildman–Crippen MR) is 91.6 cm³/mol. The Morgan fingerprint density at radius 3 is 2.88 bits per heavy atom. The van der Waals surface area contributed by atoms with Crippen LogP contribution < -0.4 is 11.1 Å². The standard InChI is InChI=1S/C14H16N4O5S2/c1-2-14(12(22)23)4-18-10(21)7(11(18)25-5-14)17-9(20)8(19)6-3-24-13(15)16-6/h2-3,7-8,11,19H,1,4-5H2,(H2,15,16)(H,17,20)(H,22,23)/t7?,8?,11-,14?/m1/s1. The van der Waals surface area contributed by atoms with Crippen molar-refractivity contribution in [3.63, 3.8) is 0 Å². The van der Waals surface area contributed by atoms with Crippen molar-refractivity contribution in [3.8, 4) is 0 Å². The van der Waals surface area contributed by atoms with Crippen LogP contribution in [-0.2, 0) is 14.4 Å². The van der Waals surface area contributed by atoms with Crippen LogP contribution in [-0.4, -0.2) is 61.6 Å². The molecule has 5 N–H and O–H groups in total. The Kier molecular flexibility index (Phi) is 4.47. The van der Waals surface area contributed by atoms with Crippen LogP contribution in [0.1, 0.15) is 11.8 Å². The van der Waals surface area contributed by atoms with Crippen LogP contribution in [0.4, 0.5) is 5.13 Å². The fourth-order valence-electron chi connectivity index (χ4n) is 2.73. The monoisotopic (exact) mass is 384 g/mol. The largest absolute Gasteiger partial charge is 0.481 e. The number of thioether (sulfide) groups is 1. The molecule has 0 radical (unpaired) electrons. The summed E-state index contributed by atoms with van der Waals surface area (Å²) in [5.74, 6) is -1.92. The molecule has 3 rings (SSSR count). The second kappa shape index (κ2) is 6.32. The van der Waals surface area contributed by atoms with E-state index in [9.17, 15) is 24.6 Å². The molecule has 1 aromatic heterocycles. The van der Waals surface area contributed by atoms with E-state index < -0.39 is 29.4 Å². The summed E-state index contributed by atoms with van der Waals surface area (Å²) >= 11 is 2.36. The topological polar surface area (TPSA) is 146 Å². The van der Waals surface area contributed by atoms with E-state index in [-0.39, 0.29) is 34.4 Å². The quantitative estimate of drug-likeness (QED) is 0.389. The van der Waals surface area contributed by atoms with Gasteiger partial charge in [-0.25, -0.2) is 4.98 Å². The number of anilines is 1. The molecule has 2 fully saturated rings. The molecule has 0 aromatic carbocycles. The van der Waals surface area contributed by atoms with Crippen molar-refractivity contribution in [2.75, 3.05) is 18.0 Å². The Balaban J connectivity index is 1.65. The molecule has 0 saturated carbocycles. The van der Waals surface area contributed by atoms with Gasteiger partial charge in [-0.2, -0.15) is 0 Å². The molecule has 9 nitrogen and oxygen atoms in total. The van der Waals surface area contributed by atoms with Crippen molar-refractivity contribution in [1.82, 2.24) is 15.2 Å². The van der Waals surface area contributed by atoms with Gasteiger partial charge in [-0.3, -0.25) is 14.4 Å². The number of nitrogen functional groups attached to an aromatic ring is 1. The van der Waals surface area contributed by atoms with E-state index >= 15 is 0 Å². The van der Waals surface area contributed by atoms with Crippen LogP contribution in [0, 0.1) is 5.41 Å². The van der Waals surface area contributed by atoms with E-state index in [2.05, 4.69) is 16.9 Å². The molecule has 0 spiro atoms. The Morgan fingerprint density at radius 1 is 1.60 bits per heavy atom. The first-order valence-electron chi connectivity index (χ1n) is 7.27. The van der Waals surface area contributed by atoms with E-state index in [4.69, 9.17) is 5.73 Å². The number of hydrogen-bond acceptors (Lipinski definition) is 8.